The van der Waals surface area contributed by atoms with E-state index in [2.05, 4.69) is 36.2 Å². The fourth-order valence-electron chi connectivity index (χ4n) is 4.38. The summed E-state index contributed by atoms with van der Waals surface area (Å²) in [5.74, 6) is 2.96. The van der Waals surface area contributed by atoms with E-state index in [1.807, 2.05) is 18.2 Å². The van der Waals surface area contributed by atoms with Crippen LogP contribution >= 0.6 is 11.6 Å². The highest BCUT2D eigenvalue weighted by Gasteiger charge is 2.17. The van der Waals surface area contributed by atoms with Gasteiger partial charge in [0.1, 0.15) is 5.75 Å². The zero-order valence-corrected chi connectivity index (χ0v) is 19.5. The Bertz CT molecular complexity index is 867. The van der Waals surface area contributed by atoms with E-state index in [1.54, 1.807) is 7.11 Å². The zero-order chi connectivity index (χ0) is 22.2. The molecule has 0 bridgehead atoms. The first kappa shape index (κ1) is 22.9. The van der Waals surface area contributed by atoms with E-state index in [-0.39, 0.29) is 0 Å². The lowest BCUT2D eigenvalue weighted by molar-refractivity contribution is 0.389. The van der Waals surface area contributed by atoms with Gasteiger partial charge in [-0.15, -0.1) is 0 Å². The molecule has 1 saturated heterocycles. The summed E-state index contributed by atoms with van der Waals surface area (Å²) in [6, 6.07) is 5.94. The van der Waals surface area contributed by atoms with Crippen LogP contribution < -0.4 is 26.0 Å². The summed E-state index contributed by atoms with van der Waals surface area (Å²) in [5.41, 5.74) is 0.798. The third-order valence-electron chi connectivity index (χ3n) is 6.24. The van der Waals surface area contributed by atoms with Gasteiger partial charge in [-0.1, -0.05) is 37.3 Å². The van der Waals surface area contributed by atoms with Crippen LogP contribution in [0.5, 0.6) is 5.75 Å². The van der Waals surface area contributed by atoms with Gasteiger partial charge in [0.2, 0.25) is 17.8 Å². The molecule has 1 aromatic carbocycles. The molecule has 0 atom stereocenters. The number of benzene rings is 1. The molecule has 0 amide bonds. The summed E-state index contributed by atoms with van der Waals surface area (Å²) in [6.07, 6.45) is 9.76. The van der Waals surface area contributed by atoms with E-state index in [4.69, 9.17) is 16.3 Å². The molecule has 0 radical (unpaired) electrons. The molecule has 0 spiro atoms. The lowest BCUT2D eigenvalue weighted by Gasteiger charge is -2.23. The van der Waals surface area contributed by atoms with Crippen molar-refractivity contribution in [3.8, 4) is 5.75 Å². The Kier molecular flexibility index (Phi) is 8.23. The molecule has 9 heteroatoms. The zero-order valence-electron chi connectivity index (χ0n) is 18.8. The van der Waals surface area contributed by atoms with E-state index < -0.39 is 0 Å². The Labute approximate surface area is 195 Å². The van der Waals surface area contributed by atoms with Crippen LogP contribution in [0.3, 0.4) is 0 Å². The maximum atomic E-state index is 6.29. The van der Waals surface area contributed by atoms with Crippen molar-refractivity contribution < 1.29 is 4.74 Å². The third kappa shape index (κ3) is 6.59. The van der Waals surface area contributed by atoms with Gasteiger partial charge in [-0.2, -0.15) is 15.0 Å². The Balaban J connectivity index is 1.50. The molecular formula is C23H34ClN7O. The fourth-order valence-corrected chi connectivity index (χ4v) is 4.63. The normalized spacial score (nSPS) is 18.1. The molecule has 8 nitrogen and oxygen atoms in total. The van der Waals surface area contributed by atoms with Crippen LogP contribution in [0.25, 0.3) is 0 Å². The maximum Gasteiger partial charge on any atom is 0.233 e. The van der Waals surface area contributed by atoms with Crippen LogP contribution in [0, 0.1) is 5.92 Å². The van der Waals surface area contributed by atoms with Crippen LogP contribution in [-0.2, 0) is 0 Å². The first-order valence-corrected chi connectivity index (χ1v) is 12.1. The van der Waals surface area contributed by atoms with Crippen LogP contribution in [0.15, 0.2) is 18.2 Å². The van der Waals surface area contributed by atoms with Crippen molar-refractivity contribution >= 4 is 35.1 Å². The fraction of sp³-hybridized carbons (Fsp3) is 0.609. The van der Waals surface area contributed by atoms with E-state index in [0.717, 1.165) is 38.2 Å². The van der Waals surface area contributed by atoms with Crippen molar-refractivity contribution in [2.45, 2.75) is 57.4 Å². The van der Waals surface area contributed by atoms with Crippen molar-refractivity contribution in [3.63, 3.8) is 0 Å². The van der Waals surface area contributed by atoms with Gasteiger partial charge in [0.25, 0.3) is 0 Å². The molecule has 1 saturated carbocycles. The minimum atomic E-state index is 0.403. The standard InChI is InChI=1S/C23H34ClN7O/c1-32-20-9-8-18(14-19(20)24)28-23-30-21(26-15-16-10-12-25-13-11-16)29-22(31-23)27-17-6-4-2-3-5-7-17/h8-9,14,16-17,25H,2-7,10-13,15H2,1H3,(H3,26,27,28,29,30,31). The molecule has 1 aliphatic carbocycles. The van der Waals surface area contributed by atoms with Gasteiger partial charge in [0.05, 0.1) is 12.1 Å². The third-order valence-corrected chi connectivity index (χ3v) is 6.53. The Morgan fingerprint density at radius 1 is 0.969 bits per heavy atom. The second-order valence-electron chi connectivity index (χ2n) is 8.69. The van der Waals surface area contributed by atoms with Gasteiger partial charge in [-0.05, 0) is 62.9 Å². The number of anilines is 4. The smallest absolute Gasteiger partial charge is 0.233 e. The molecule has 2 aliphatic rings. The average Bonchev–Trinajstić information content (AvgIpc) is 3.07. The van der Waals surface area contributed by atoms with Gasteiger partial charge >= 0.3 is 0 Å². The molecule has 0 unspecified atom stereocenters. The Hall–Kier alpha value is -2.32. The summed E-state index contributed by atoms with van der Waals surface area (Å²) >= 11 is 6.29. The van der Waals surface area contributed by atoms with Gasteiger partial charge in [-0.3, -0.25) is 0 Å². The van der Waals surface area contributed by atoms with Crippen molar-refractivity contribution in [1.29, 1.82) is 0 Å². The van der Waals surface area contributed by atoms with Crippen LogP contribution in [0.1, 0.15) is 51.4 Å². The molecule has 1 aliphatic heterocycles. The largest absolute Gasteiger partial charge is 0.495 e. The van der Waals surface area contributed by atoms with Crippen molar-refractivity contribution in [2.75, 3.05) is 42.7 Å². The first-order valence-electron chi connectivity index (χ1n) is 11.8. The number of hydrogen-bond donors (Lipinski definition) is 4. The second kappa shape index (κ2) is 11.5. The lowest BCUT2D eigenvalue weighted by atomic mass is 9.98. The number of methoxy groups -OCH3 is 1. The number of hydrogen-bond acceptors (Lipinski definition) is 8. The number of piperidine rings is 1. The highest BCUT2D eigenvalue weighted by atomic mass is 35.5. The number of rotatable bonds is 8. The number of ether oxygens (including phenoxy) is 1. The molecule has 174 valence electrons. The summed E-state index contributed by atoms with van der Waals surface area (Å²) in [5, 5.41) is 14.2. The SMILES string of the molecule is COc1ccc(Nc2nc(NCC3CCNCC3)nc(NC3CCCCCC3)n2)cc1Cl. The summed E-state index contributed by atoms with van der Waals surface area (Å²) in [4.78, 5) is 14.0. The van der Waals surface area contributed by atoms with Crippen LogP contribution in [0.2, 0.25) is 5.02 Å². The van der Waals surface area contributed by atoms with Gasteiger partial charge < -0.3 is 26.0 Å². The Morgan fingerprint density at radius 3 is 2.41 bits per heavy atom. The minimum absolute atomic E-state index is 0.403. The van der Waals surface area contributed by atoms with Crippen molar-refractivity contribution in [3.05, 3.63) is 23.2 Å². The van der Waals surface area contributed by atoms with E-state index in [0.29, 0.717) is 40.6 Å². The number of nitrogens with zero attached hydrogens (tertiary/aromatic N) is 3. The molecule has 32 heavy (non-hydrogen) atoms. The number of aromatic nitrogens is 3. The predicted molar refractivity (Wildman–Crippen MR) is 130 cm³/mol. The van der Waals surface area contributed by atoms with E-state index in [9.17, 15) is 0 Å². The van der Waals surface area contributed by atoms with Crippen molar-refractivity contribution in [2.24, 2.45) is 5.92 Å². The molecule has 2 fully saturated rings. The van der Waals surface area contributed by atoms with E-state index >= 15 is 0 Å². The lowest BCUT2D eigenvalue weighted by Crippen LogP contribution is -2.31. The Morgan fingerprint density at radius 2 is 1.69 bits per heavy atom. The van der Waals surface area contributed by atoms with Crippen molar-refractivity contribution in [1.82, 2.24) is 20.3 Å². The highest BCUT2D eigenvalue weighted by molar-refractivity contribution is 6.32. The molecule has 1 aromatic heterocycles. The first-order chi connectivity index (χ1) is 15.7. The molecule has 2 aromatic rings. The molecule has 4 N–H and O–H groups in total. The van der Waals surface area contributed by atoms with Gasteiger partial charge in [-0.25, -0.2) is 0 Å². The second-order valence-corrected chi connectivity index (χ2v) is 9.09. The summed E-state index contributed by atoms with van der Waals surface area (Å²) in [6.45, 7) is 3.01. The summed E-state index contributed by atoms with van der Waals surface area (Å²) in [7, 11) is 1.60. The number of nitrogens with one attached hydrogen (secondary N) is 4. The maximum absolute atomic E-state index is 6.29. The monoisotopic (exact) mass is 459 g/mol. The molecular weight excluding hydrogens is 426 g/mol. The average molecular weight is 460 g/mol. The van der Waals surface area contributed by atoms with Gasteiger partial charge in [0.15, 0.2) is 0 Å². The quantitative estimate of drug-likeness (QED) is 0.417. The number of halogens is 1. The molecule has 4 rings (SSSR count). The summed E-state index contributed by atoms with van der Waals surface area (Å²) < 4.78 is 5.25. The topological polar surface area (TPSA) is 96.0 Å². The molecule has 2 heterocycles. The predicted octanol–water partition coefficient (Wildman–Crippen LogP) is 4.82. The van der Waals surface area contributed by atoms with Gasteiger partial charge in [0, 0.05) is 18.3 Å². The van der Waals surface area contributed by atoms with Crippen LogP contribution in [0.4, 0.5) is 23.5 Å². The highest BCUT2D eigenvalue weighted by Crippen LogP contribution is 2.29. The van der Waals surface area contributed by atoms with E-state index in [1.165, 1.54) is 38.5 Å². The van der Waals surface area contributed by atoms with Crippen LogP contribution in [-0.4, -0.2) is 47.7 Å². The minimum Gasteiger partial charge on any atom is -0.495 e.